The van der Waals surface area contributed by atoms with Crippen molar-refractivity contribution in [2.45, 2.75) is 25.3 Å². The highest BCUT2D eigenvalue weighted by Crippen LogP contribution is 2.17. The Morgan fingerprint density at radius 2 is 2.07 bits per heavy atom. The number of carbonyl (C=O) groups excluding carboxylic acids is 1. The van der Waals surface area contributed by atoms with Crippen LogP contribution in [0.3, 0.4) is 0 Å². The van der Waals surface area contributed by atoms with Crippen LogP contribution in [0.1, 0.15) is 19.3 Å². The van der Waals surface area contributed by atoms with Gasteiger partial charge in [-0.2, -0.15) is 0 Å². The van der Waals surface area contributed by atoms with Gasteiger partial charge >= 0.3 is 0 Å². The van der Waals surface area contributed by atoms with E-state index in [0.29, 0.717) is 5.91 Å². The van der Waals surface area contributed by atoms with Crippen molar-refractivity contribution in [3.05, 3.63) is 0 Å². The molecule has 0 aromatic rings. The largest absolute Gasteiger partial charge is 0.340 e. The van der Waals surface area contributed by atoms with E-state index in [9.17, 15) is 4.79 Å². The van der Waals surface area contributed by atoms with E-state index in [-0.39, 0.29) is 6.04 Å². The fraction of sp³-hybridized carbons (Fsp3) is 0.909. The standard InChI is InChI=1S/C11H21N3O/c1-13-7-2-4-10(13)11(15)14-8-3-5-12-6-9-14/h10,12H,2-9H2,1H3. The van der Waals surface area contributed by atoms with E-state index in [1.165, 1.54) is 6.42 Å². The molecule has 1 amide bonds. The molecule has 2 rings (SSSR count). The highest BCUT2D eigenvalue weighted by molar-refractivity contribution is 5.82. The average molecular weight is 211 g/mol. The van der Waals surface area contributed by atoms with Gasteiger partial charge in [-0.3, -0.25) is 9.69 Å². The van der Waals surface area contributed by atoms with Crippen LogP contribution in [0.2, 0.25) is 0 Å². The van der Waals surface area contributed by atoms with E-state index >= 15 is 0 Å². The Kier molecular flexibility index (Phi) is 3.59. The maximum absolute atomic E-state index is 12.2. The molecule has 0 bridgehead atoms. The van der Waals surface area contributed by atoms with E-state index < -0.39 is 0 Å². The maximum Gasteiger partial charge on any atom is 0.239 e. The average Bonchev–Trinajstić information content (AvgIpc) is 2.53. The summed E-state index contributed by atoms with van der Waals surface area (Å²) in [4.78, 5) is 16.4. The lowest BCUT2D eigenvalue weighted by Gasteiger charge is -2.27. The summed E-state index contributed by atoms with van der Waals surface area (Å²) in [6, 6.07) is 0.156. The summed E-state index contributed by atoms with van der Waals surface area (Å²) in [5, 5.41) is 3.33. The zero-order valence-electron chi connectivity index (χ0n) is 9.54. The Morgan fingerprint density at radius 1 is 1.20 bits per heavy atom. The van der Waals surface area contributed by atoms with Crippen LogP contribution in [-0.4, -0.2) is 61.5 Å². The molecule has 2 saturated heterocycles. The third-order valence-electron chi connectivity index (χ3n) is 3.46. The molecule has 0 spiro atoms. The molecule has 2 heterocycles. The Bertz CT molecular complexity index is 224. The van der Waals surface area contributed by atoms with E-state index in [4.69, 9.17) is 0 Å². The van der Waals surface area contributed by atoms with Crippen LogP contribution in [-0.2, 0) is 4.79 Å². The quantitative estimate of drug-likeness (QED) is 0.658. The van der Waals surface area contributed by atoms with Gasteiger partial charge in [0.1, 0.15) is 0 Å². The predicted molar refractivity (Wildman–Crippen MR) is 59.7 cm³/mol. The molecule has 0 aliphatic carbocycles. The van der Waals surface area contributed by atoms with E-state index in [1.54, 1.807) is 0 Å². The van der Waals surface area contributed by atoms with Gasteiger partial charge in [0, 0.05) is 19.6 Å². The minimum atomic E-state index is 0.156. The zero-order valence-corrected chi connectivity index (χ0v) is 9.54. The second kappa shape index (κ2) is 4.94. The van der Waals surface area contributed by atoms with Crippen LogP contribution in [0.25, 0.3) is 0 Å². The third kappa shape index (κ3) is 2.49. The number of rotatable bonds is 1. The number of amides is 1. The summed E-state index contributed by atoms with van der Waals surface area (Å²) < 4.78 is 0. The van der Waals surface area contributed by atoms with Gasteiger partial charge in [-0.1, -0.05) is 0 Å². The van der Waals surface area contributed by atoms with Crippen LogP contribution in [0, 0.1) is 0 Å². The molecule has 2 fully saturated rings. The van der Waals surface area contributed by atoms with Crippen molar-refractivity contribution in [2.24, 2.45) is 0 Å². The Hall–Kier alpha value is -0.610. The van der Waals surface area contributed by atoms with Crippen LogP contribution < -0.4 is 5.32 Å². The van der Waals surface area contributed by atoms with E-state index in [1.807, 2.05) is 4.90 Å². The van der Waals surface area contributed by atoms with Crippen molar-refractivity contribution < 1.29 is 4.79 Å². The lowest BCUT2D eigenvalue weighted by molar-refractivity contribution is -0.135. The van der Waals surface area contributed by atoms with Gasteiger partial charge in [0.15, 0.2) is 0 Å². The van der Waals surface area contributed by atoms with Gasteiger partial charge in [0.2, 0.25) is 5.91 Å². The molecule has 4 heteroatoms. The molecule has 0 aromatic carbocycles. The Morgan fingerprint density at radius 3 is 2.80 bits per heavy atom. The van der Waals surface area contributed by atoms with E-state index in [0.717, 1.165) is 45.6 Å². The molecule has 15 heavy (non-hydrogen) atoms. The fourth-order valence-electron chi connectivity index (χ4n) is 2.50. The lowest BCUT2D eigenvalue weighted by Crippen LogP contribution is -2.45. The van der Waals surface area contributed by atoms with Crippen molar-refractivity contribution in [2.75, 3.05) is 39.8 Å². The third-order valence-corrected chi connectivity index (χ3v) is 3.46. The Labute approximate surface area is 91.6 Å². The van der Waals surface area contributed by atoms with Gasteiger partial charge in [-0.25, -0.2) is 0 Å². The first-order valence-corrected chi connectivity index (χ1v) is 5.99. The first-order valence-electron chi connectivity index (χ1n) is 5.99. The molecule has 0 radical (unpaired) electrons. The molecular weight excluding hydrogens is 190 g/mol. The second-order valence-electron chi connectivity index (χ2n) is 4.57. The zero-order chi connectivity index (χ0) is 10.7. The van der Waals surface area contributed by atoms with Gasteiger partial charge in [0.05, 0.1) is 6.04 Å². The monoisotopic (exact) mass is 211 g/mol. The number of likely N-dealkylation sites (tertiary alicyclic amines) is 1. The first kappa shape index (κ1) is 10.9. The van der Waals surface area contributed by atoms with Crippen LogP contribution in [0.4, 0.5) is 0 Å². The maximum atomic E-state index is 12.2. The van der Waals surface area contributed by atoms with Crippen molar-refractivity contribution >= 4 is 5.91 Å². The number of nitrogens with zero attached hydrogens (tertiary/aromatic N) is 2. The van der Waals surface area contributed by atoms with Gasteiger partial charge in [-0.05, 0) is 39.4 Å². The highest BCUT2D eigenvalue weighted by Gasteiger charge is 2.31. The molecule has 1 atom stereocenters. The second-order valence-corrected chi connectivity index (χ2v) is 4.57. The number of hydrogen-bond acceptors (Lipinski definition) is 3. The van der Waals surface area contributed by atoms with Crippen LogP contribution in [0.15, 0.2) is 0 Å². The summed E-state index contributed by atoms with van der Waals surface area (Å²) in [5.74, 6) is 0.346. The van der Waals surface area contributed by atoms with Gasteiger partial charge in [0.25, 0.3) is 0 Å². The van der Waals surface area contributed by atoms with Crippen molar-refractivity contribution in [1.82, 2.24) is 15.1 Å². The molecule has 1 unspecified atom stereocenters. The predicted octanol–water partition coefficient (Wildman–Crippen LogP) is -0.0975. The lowest BCUT2D eigenvalue weighted by atomic mass is 10.2. The highest BCUT2D eigenvalue weighted by atomic mass is 16.2. The molecular formula is C11H21N3O. The van der Waals surface area contributed by atoms with Crippen LogP contribution in [0.5, 0.6) is 0 Å². The summed E-state index contributed by atoms with van der Waals surface area (Å²) in [7, 11) is 2.06. The number of hydrogen-bond donors (Lipinski definition) is 1. The minimum Gasteiger partial charge on any atom is -0.340 e. The summed E-state index contributed by atoms with van der Waals surface area (Å²) in [6.45, 7) is 4.87. The minimum absolute atomic E-state index is 0.156. The summed E-state index contributed by atoms with van der Waals surface area (Å²) in [5.41, 5.74) is 0. The van der Waals surface area contributed by atoms with Crippen molar-refractivity contribution in [3.8, 4) is 0 Å². The molecule has 0 saturated carbocycles. The summed E-state index contributed by atoms with van der Waals surface area (Å²) >= 11 is 0. The Balaban J connectivity index is 1.93. The normalized spacial score (nSPS) is 29.1. The molecule has 86 valence electrons. The molecule has 0 aromatic heterocycles. The van der Waals surface area contributed by atoms with Crippen molar-refractivity contribution in [1.29, 1.82) is 0 Å². The van der Waals surface area contributed by atoms with E-state index in [2.05, 4.69) is 17.3 Å². The number of carbonyl (C=O) groups is 1. The topological polar surface area (TPSA) is 35.6 Å². The van der Waals surface area contributed by atoms with Gasteiger partial charge < -0.3 is 10.2 Å². The first-order chi connectivity index (χ1) is 7.29. The number of nitrogens with one attached hydrogen (secondary N) is 1. The van der Waals surface area contributed by atoms with Crippen LogP contribution >= 0.6 is 0 Å². The smallest absolute Gasteiger partial charge is 0.239 e. The molecule has 2 aliphatic heterocycles. The molecule has 1 N–H and O–H groups in total. The van der Waals surface area contributed by atoms with Crippen molar-refractivity contribution in [3.63, 3.8) is 0 Å². The molecule has 2 aliphatic rings. The summed E-state index contributed by atoms with van der Waals surface area (Å²) in [6.07, 6.45) is 3.29. The number of likely N-dealkylation sites (N-methyl/N-ethyl adjacent to an activating group) is 1. The SMILES string of the molecule is CN1CCCC1C(=O)N1CCCNCC1. The fourth-order valence-corrected chi connectivity index (χ4v) is 2.50. The molecule has 4 nitrogen and oxygen atoms in total. The van der Waals surface area contributed by atoms with Gasteiger partial charge in [-0.15, -0.1) is 0 Å².